The van der Waals surface area contributed by atoms with Gasteiger partial charge < -0.3 is 10.1 Å². The summed E-state index contributed by atoms with van der Waals surface area (Å²) >= 11 is 0. The molecule has 0 aliphatic heterocycles. The molecule has 1 amide bonds. The Kier molecular flexibility index (Phi) is 7.45. The number of nitro groups is 1. The Morgan fingerprint density at radius 1 is 1.18 bits per heavy atom. The van der Waals surface area contributed by atoms with Crippen molar-refractivity contribution in [1.82, 2.24) is 5.32 Å². The Balaban J connectivity index is 1.85. The van der Waals surface area contributed by atoms with Crippen molar-refractivity contribution in [3.8, 4) is 0 Å². The van der Waals surface area contributed by atoms with Gasteiger partial charge >= 0.3 is 5.97 Å². The zero-order chi connectivity index (χ0) is 20.5. The summed E-state index contributed by atoms with van der Waals surface area (Å²) < 4.78 is 4.89. The van der Waals surface area contributed by atoms with Crippen LogP contribution in [0.1, 0.15) is 36.6 Å². The lowest BCUT2D eigenvalue weighted by molar-refractivity contribution is -0.385. The van der Waals surface area contributed by atoms with Crippen LogP contribution < -0.4 is 5.32 Å². The Bertz CT molecular complexity index is 875. The predicted octanol–water partition coefficient (Wildman–Crippen LogP) is 3.59. The molecule has 0 fully saturated rings. The minimum atomic E-state index is -0.756. The first-order chi connectivity index (χ1) is 13.4. The number of carbonyl (C=O) groups excluding carboxylic acids is 2. The number of nitrogens with one attached hydrogen (secondary N) is 1. The van der Waals surface area contributed by atoms with Crippen LogP contribution in [0.15, 0.2) is 54.6 Å². The quantitative estimate of drug-likeness (QED) is 0.326. The number of aryl methyl sites for hydroxylation is 1. The van der Waals surface area contributed by atoms with Crippen molar-refractivity contribution in [2.75, 3.05) is 6.61 Å². The zero-order valence-corrected chi connectivity index (χ0v) is 15.8. The van der Waals surface area contributed by atoms with Crippen LogP contribution in [0.25, 0.3) is 6.08 Å². The third-order valence-corrected chi connectivity index (χ3v) is 4.14. The Morgan fingerprint density at radius 2 is 1.86 bits per heavy atom. The summed E-state index contributed by atoms with van der Waals surface area (Å²) in [5.41, 5.74) is 2.32. The summed E-state index contributed by atoms with van der Waals surface area (Å²) in [6.07, 6.45) is 3.29. The fraction of sp³-hybridized carbons (Fsp3) is 0.238. The summed E-state index contributed by atoms with van der Waals surface area (Å²) in [6, 6.07) is 13.7. The van der Waals surface area contributed by atoms with Crippen molar-refractivity contribution in [1.29, 1.82) is 0 Å². The van der Waals surface area contributed by atoms with Crippen molar-refractivity contribution in [2.24, 2.45) is 0 Å². The van der Waals surface area contributed by atoms with Crippen LogP contribution in [0.4, 0.5) is 5.69 Å². The van der Waals surface area contributed by atoms with E-state index < -0.39 is 23.4 Å². The number of ether oxygens (including phenoxy) is 1. The maximum absolute atomic E-state index is 12.0. The fourth-order valence-electron chi connectivity index (χ4n) is 2.55. The van der Waals surface area contributed by atoms with Gasteiger partial charge in [-0.2, -0.15) is 0 Å². The lowest BCUT2D eigenvalue weighted by Gasteiger charge is -2.14. The van der Waals surface area contributed by atoms with Gasteiger partial charge in [-0.05, 0) is 36.6 Å². The van der Waals surface area contributed by atoms with Crippen molar-refractivity contribution in [3.05, 3.63) is 81.4 Å². The highest BCUT2D eigenvalue weighted by atomic mass is 16.6. The van der Waals surface area contributed by atoms with Gasteiger partial charge in [0, 0.05) is 12.1 Å². The van der Waals surface area contributed by atoms with Crippen molar-refractivity contribution < 1.29 is 19.2 Å². The van der Waals surface area contributed by atoms with Gasteiger partial charge in [0.25, 0.3) is 11.6 Å². The number of benzene rings is 2. The van der Waals surface area contributed by atoms with Gasteiger partial charge in [0.1, 0.15) is 0 Å². The molecule has 0 aliphatic carbocycles. The summed E-state index contributed by atoms with van der Waals surface area (Å²) in [5.74, 6) is -1.19. The zero-order valence-electron chi connectivity index (χ0n) is 15.8. The van der Waals surface area contributed by atoms with Gasteiger partial charge in [-0.1, -0.05) is 43.3 Å². The Labute approximate surface area is 163 Å². The van der Waals surface area contributed by atoms with Gasteiger partial charge in [-0.15, -0.1) is 0 Å². The minimum absolute atomic E-state index is 0.118. The van der Waals surface area contributed by atoms with Gasteiger partial charge in [0.05, 0.1) is 16.5 Å². The largest absolute Gasteiger partial charge is 0.452 e. The van der Waals surface area contributed by atoms with E-state index in [9.17, 15) is 19.7 Å². The van der Waals surface area contributed by atoms with Crippen LogP contribution in [0.3, 0.4) is 0 Å². The summed E-state index contributed by atoms with van der Waals surface area (Å²) in [6.45, 7) is 3.48. The molecule has 7 heteroatoms. The second-order valence-corrected chi connectivity index (χ2v) is 6.14. The average Bonchev–Trinajstić information content (AvgIpc) is 2.70. The Hall–Kier alpha value is -3.48. The molecule has 0 aromatic heterocycles. The molecular weight excluding hydrogens is 360 g/mol. The lowest BCUT2D eigenvalue weighted by atomic mass is 10.1. The molecule has 1 atom stereocenters. The molecule has 7 nitrogen and oxygen atoms in total. The minimum Gasteiger partial charge on any atom is -0.452 e. The molecular formula is C21H22N2O5. The van der Waals surface area contributed by atoms with Crippen LogP contribution in [-0.4, -0.2) is 23.4 Å². The third-order valence-electron chi connectivity index (χ3n) is 4.14. The van der Waals surface area contributed by atoms with Gasteiger partial charge in [0.2, 0.25) is 0 Å². The SMILES string of the molecule is CCc1ccc([C@@H](C)NC(=O)COC(=O)/C=C/c2ccccc2[N+](=O)[O-])cc1. The van der Waals surface area contributed by atoms with E-state index in [4.69, 9.17) is 4.74 Å². The van der Waals surface area contributed by atoms with Crippen LogP contribution >= 0.6 is 0 Å². The van der Waals surface area contributed by atoms with E-state index in [1.54, 1.807) is 6.07 Å². The molecule has 0 saturated heterocycles. The predicted molar refractivity (Wildman–Crippen MR) is 105 cm³/mol. The third kappa shape index (κ3) is 6.05. The standard InChI is InChI=1S/C21H22N2O5/c1-3-16-8-10-17(11-9-16)15(2)22-20(24)14-28-21(25)13-12-18-6-4-5-7-19(18)23(26)27/h4-13,15H,3,14H2,1-2H3,(H,22,24)/b13-12+/t15-/m1/s1. The van der Waals surface area contributed by atoms with Crippen LogP contribution in [0.2, 0.25) is 0 Å². The molecule has 0 heterocycles. The first-order valence-corrected chi connectivity index (χ1v) is 8.87. The van der Waals surface area contributed by atoms with E-state index in [1.807, 2.05) is 31.2 Å². The topological polar surface area (TPSA) is 98.5 Å². The van der Waals surface area contributed by atoms with Crippen LogP contribution in [0, 0.1) is 10.1 Å². The molecule has 2 rings (SSSR count). The molecule has 1 N–H and O–H groups in total. The summed E-state index contributed by atoms with van der Waals surface area (Å²) in [4.78, 5) is 34.1. The lowest BCUT2D eigenvalue weighted by Crippen LogP contribution is -2.30. The molecule has 0 bridgehead atoms. The number of amides is 1. The molecule has 0 unspecified atom stereocenters. The number of nitrogens with zero attached hydrogens (tertiary/aromatic N) is 1. The van der Waals surface area contributed by atoms with E-state index in [-0.39, 0.29) is 17.3 Å². The van der Waals surface area contributed by atoms with Crippen molar-refractivity contribution in [2.45, 2.75) is 26.3 Å². The number of carbonyl (C=O) groups is 2. The molecule has 146 valence electrons. The fourth-order valence-corrected chi connectivity index (χ4v) is 2.55. The molecule has 0 saturated carbocycles. The number of hydrogen-bond donors (Lipinski definition) is 1. The number of para-hydroxylation sites is 1. The molecule has 0 spiro atoms. The monoisotopic (exact) mass is 382 g/mol. The maximum atomic E-state index is 12.0. The highest BCUT2D eigenvalue weighted by molar-refractivity contribution is 5.90. The summed E-state index contributed by atoms with van der Waals surface area (Å²) in [7, 11) is 0. The smallest absolute Gasteiger partial charge is 0.331 e. The molecule has 2 aromatic rings. The molecule has 28 heavy (non-hydrogen) atoms. The average molecular weight is 382 g/mol. The number of rotatable bonds is 8. The van der Waals surface area contributed by atoms with Crippen molar-refractivity contribution in [3.63, 3.8) is 0 Å². The first kappa shape index (κ1) is 20.8. The normalized spacial score (nSPS) is 11.8. The molecule has 0 aliphatic rings. The van der Waals surface area contributed by atoms with Crippen LogP contribution in [0.5, 0.6) is 0 Å². The number of nitro benzene ring substituents is 1. The highest BCUT2D eigenvalue weighted by Gasteiger charge is 2.12. The Morgan fingerprint density at radius 3 is 2.50 bits per heavy atom. The van der Waals surface area contributed by atoms with E-state index in [0.29, 0.717) is 0 Å². The first-order valence-electron chi connectivity index (χ1n) is 8.87. The molecule has 0 radical (unpaired) electrons. The van der Waals surface area contributed by atoms with Gasteiger partial charge in [0.15, 0.2) is 6.61 Å². The van der Waals surface area contributed by atoms with E-state index in [2.05, 4.69) is 12.2 Å². The van der Waals surface area contributed by atoms with Crippen LogP contribution in [-0.2, 0) is 20.7 Å². The maximum Gasteiger partial charge on any atom is 0.331 e. The van der Waals surface area contributed by atoms with Crippen molar-refractivity contribution >= 4 is 23.6 Å². The van der Waals surface area contributed by atoms with Gasteiger partial charge in [-0.3, -0.25) is 14.9 Å². The summed E-state index contributed by atoms with van der Waals surface area (Å²) in [5, 5.41) is 13.7. The molecule has 2 aromatic carbocycles. The second-order valence-electron chi connectivity index (χ2n) is 6.14. The van der Waals surface area contributed by atoms with E-state index in [0.717, 1.165) is 18.1 Å². The van der Waals surface area contributed by atoms with E-state index >= 15 is 0 Å². The van der Waals surface area contributed by atoms with E-state index in [1.165, 1.54) is 29.8 Å². The second kappa shape index (κ2) is 10.0. The van der Waals surface area contributed by atoms with Gasteiger partial charge in [-0.25, -0.2) is 4.79 Å². The number of hydrogen-bond acceptors (Lipinski definition) is 5. The number of esters is 1. The highest BCUT2D eigenvalue weighted by Crippen LogP contribution is 2.19.